The first-order chi connectivity index (χ1) is 14.6. The SMILES string of the molecule is CCOc1ccnc2ccc(C/C=C3\SC(NCc4cnc(C)cn4)=NC3=O)cc12. The van der Waals surface area contributed by atoms with E-state index in [9.17, 15) is 4.79 Å². The van der Waals surface area contributed by atoms with Gasteiger partial charge in [0.25, 0.3) is 5.91 Å². The predicted molar refractivity (Wildman–Crippen MR) is 118 cm³/mol. The van der Waals surface area contributed by atoms with E-state index >= 15 is 0 Å². The van der Waals surface area contributed by atoms with Crippen molar-refractivity contribution in [2.75, 3.05) is 6.61 Å². The Labute approximate surface area is 178 Å². The number of ether oxygens (including phenoxy) is 1. The Hall–Kier alpha value is -3.26. The largest absolute Gasteiger partial charge is 0.493 e. The zero-order chi connectivity index (χ0) is 20.9. The number of rotatable bonds is 6. The summed E-state index contributed by atoms with van der Waals surface area (Å²) in [6.07, 6.45) is 7.71. The van der Waals surface area contributed by atoms with E-state index in [-0.39, 0.29) is 5.91 Å². The first-order valence-electron chi connectivity index (χ1n) is 9.65. The smallest absolute Gasteiger partial charge is 0.285 e. The van der Waals surface area contributed by atoms with E-state index in [2.05, 4.69) is 31.3 Å². The second-order valence-electron chi connectivity index (χ2n) is 6.69. The number of amidine groups is 1. The molecule has 0 unspecified atom stereocenters. The number of amides is 1. The molecular weight excluding hydrogens is 398 g/mol. The molecule has 0 fully saturated rings. The summed E-state index contributed by atoms with van der Waals surface area (Å²) in [5, 5.41) is 4.70. The van der Waals surface area contributed by atoms with Crippen LogP contribution in [0.15, 0.2) is 58.8 Å². The van der Waals surface area contributed by atoms with Crippen LogP contribution in [0.4, 0.5) is 0 Å². The van der Waals surface area contributed by atoms with Crippen molar-refractivity contribution in [3.8, 4) is 5.75 Å². The van der Waals surface area contributed by atoms with Crippen LogP contribution in [0.1, 0.15) is 23.9 Å². The monoisotopic (exact) mass is 419 g/mol. The van der Waals surface area contributed by atoms with Crippen LogP contribution in [0.5, 0.6) is 5.75 Å². The molecule has 0 atom stereocenters. The molecule has 0 bridgehead atoms. The lowest BCUT2D eigenvalue weighted by Gasteiger charge is -2.08. The van der Waals surface area contributed by atoms with Crippen LogP contribution in [-0.2, 0) is 17.8 Å². The number of nitrogens with zero attached hydrogens (tertiary/aromatic N) is 4. The van der Waals surface area contributed by atoms with Gasteiger partial charge in [0.15, 0.2) is 5.17 Å². The molecule has 2 aromatic heterocycles. The number of allylic oxidation sites excluding steroid dienone is 1. The normalized spacial score (nSPS) is 14.9. The van der Waals surface area contributed by atoms with Gasteiger partial charge in [-0.1, -0.05) is 12.1 Å². The summed E-state index contributed by atoms with van der Waals surface area (Å²) in [7, 11) is 0. The van der Waals surface area contributed by atoms with Crippen molar-refractivity contribution in [2.45, 2.75) is 26.8 Å². The molecule has 0 spiro atoms. The highest BCUT2D eigenvalue weighted by Crippen LogP contribution is 2.28. The highest BCUT2D eigenvalue weighted by atomic mass is 32.2. The van der Waals surface area contributed by atoms with Crippen molar-refractivity contribution >= 4 is 33.7 Å². The summed E-state index contributed by atoms with van der Waals surface area (Å²) >= 11 is 1.34. The van der Waals surface area contributed by atoms with Gasteiger partial charge in [0.2, 0.25) is 0 Å². The summed E-state index contributed by atoms with van der Waals surface area (Å²) < 4.78 is 5.70. The molecule has 1 aliphatic rings. The molecule has 1 aliphatic heterocycles. The lowest BCUT2D eigenvalue weighted by molar-refractivity contribution is -0.113. The zero-order valence-corrected chi connectivity index (χ0v) is 17.6. The Bertz CT molecular complexity index is 1140. The van der Waals surface area contributed by atoms with E-state index in [0.29, 0.717) is 29.6 Å². The number of hydrogen-bond donors (Lipinski definition) is 1. The van der Waals surface area contributed by atoms with Crippen molar-refractivity contribution in [3.63, 3.8) is 0 Å². The third-order valence-electron chi connectivity index (χ3n) is 4.46. The second kappa shape index (κ2) is 9.04. The maximum Gasteiger partial charge on any atom is 0.285 e. The first-order valence-corrected chi connectivity index (χ1v) is 10.5. The number of carbonyl (C=O) groups excluding carboxylic acids is 1. The number of aliphatic imine (C=N–C) groups is 1. The maximum atomic E-state index is 12.2. The fraction of sp³-hybridized carbons (Fsp3) is 0.227. The van der Waals surface area contributed by atoms with Crippen molar-refractivity contribution in [1.82, 2.24) is 20.3 Å². The molecule has 0 aliphatic carbocycles. The standard InChI is InChI=1S/C22H21N5O2S/c1-3-29-19-8-9-23-18-6-4-15(10-17(18)19)5-7-20-21(28)27-22(30-20)26-13-16-12-24-14(2)11-25-16/h4,6-12H,3,5,13H2,1-2H3,(H,26,27,28)/b20-7-. The fourth-order valence-electron chi connectivity index (χ4n) is 2.99. The molecule has 1 N–H and O–H groups in total. The van der Waals surface area contributed by atoms with Crippen LogP contribution in [-0.4, -0.2) is 32.6 Å². The van der Waals surface area contributed by atoms with E-state index in [1.54, 1.807) is 18.6 Å². The summed E-state index contributed by atoms with van der Waals surface area (Å²) in [5.74, 6) is 0.590. The first kappa shape index (κ1) is 20.0. The summed E-state index contributed by atoms with van der Waals surface area (Å²) in [4.78, 5) is 29.8. The third kappa shape index (κ3) is 4.65. The number of aryl methyl sites for hydroxylation is 1. The highest BCUT2D eigenvalue weighted by molar-refractivity contribution is 8.18. The van der Waals surface area contributed by atoms with Gasteiger partial charge in [0.1, 0.15) is 5.75 Å². The minimum atomic E-state index is -0.227. The lowest BCUT2D eigenvalue weighted by atomic mass is 10.1. The molecule has 0 saturated carbocycles. The molecule has 0 saturated heterocycles. The average molecular weight is 420 g/mol. The Morgan fingerprint density at radius 2 is 2.07 bits per heavy atom. The molecule has 3 heterocycles. The van der Waals surface area contributed by atoms with E-state index in [4.69, 9.17) is 4.74 Å². The Balaban J connectivity index is 1.41. The van der Waals surface area contributed by atoms with Crippen LogP contribution in [0.3, 0.4) is 0 Å². The Morgan fingerprint density at radius 3 is 2.87 bits per heavy atom. The molecule has 152 valence electrons. The van der Waals surface area contributed by atoms with E-state index < -0.39 is 0 Å². The van der Waals surface area contributed by atoms with Gasteiger partial charge >= 0.3 is 0 Å². The Kier molecular flexibility index (Phi) is 6.04. The van der Waals surface area contributed by atoms with Crippen LogP contribution in [0.2, 0.25) is 0 Å². The quantitative estimate of drug-likeness (QED) is 0.611. The van der Waals surface area contributed by atoms with Crippen molar-refractivity contribution in [2.24, 2.45) is 4.99 Å². The topological polar surface area (TPSA) is 89.4 Å². The summed E-state index contributed by atoms with van der Waals surface area (Å²) in [6, 6.07) is 7.92. The van der Waals surface area contributed by atoms with Crippen LogP contribution < -0.4 is 10.1 Å². The molecule has 4 rings (SSSR count). The van der Waals surface area contributed by atoms with E-state index in [1.165, 1.54) is 11.8 Å². The minimum absolute atomic E-state index is 0.227. The number of hydrogen-bond acceptors (Lipinski definition) is 7. The van der Waals surface area contributed by atoms with Crippen molar-refractivity contribution < 1.29 is 9.53 Å². The van der Waals surface area contributed by atoms with Gasteiger partial charge < -0.3 is 10.1 Å². The number of thioether (sulfide) groups is 1. The second-order valence-corrected chi connectivity index (χ2v) is 7.72. The third-order valence-corrected chi connectivity index (χ3v) is 5.45. The number of pyridine rings is 1. The summed E-state index contributed by atoms with van der Waals surface area (Å²) in [6.45, 7) is 4.92. The summed E-state index contributed by atoms with van der Waals surface area (Å²) in [5.41, 5.74) is 3.62. The van der Waals surface area contributed by atoms with Gasteiger partial charge in [-0.05, 0) is 55.8 Å². The number of fused-ring (bicyclic) bond motifs is 1. The van der Waals surface area contributed by atoms with Gasteiger partial charge in [0, 0.05) is 17.8 Å². The molecule has 7 nitrogen and oxygen atoms in total. The van der Waals surface area contributed by atoms with Gasteiger partial charge in [-0.25, -0.2) is 0 Å². The molecule has 8 heteroatoms. The van der Waals surface area contributed by atoms with Crippen molar-refractivity contribution in [3.05, 3.63) is 70.8 Å². The van der Waals surface area contributed by atoms with Gasteiger partial charge in [-0.2, -0.15) is 4.99 Å². The molecular formula is C22H21N5O2S. The van der Waals surface area contributed by atoms with Crippen LogP contribution >= 0.6 is 11.8 Å². The molecule has 1 aromatic carbocycles. The maximum absolute atomic E-state index is 12.2. The molecule has 30 heavy (non-hydrogen) atoms. The fourth-order valence-corrected chi connectivity index (χ4v) is 3.77. The predicted octanol–water partition coefficient (Wildman–Crippen LogP) is 3.58. The number of nitrogens with one attached hydrogen (secondary N) is 1. The van der Waals surface area contributed by atoms with Gasteiger partial charge in [-0.15, -0.1) is 0 Å². The molecule has 3 aromatic rings. The zero-order valence-electron chi connectivity index (χ0n) is 16.8. The number of benzene rings is 1. The van der Waals surface area contributed by atoms with Gasteiger partial charge in [-0.3, -0.25) is 19.7 Å². The van der Waals surface area contributed by atoms with Crippen LogP contribution in [0, 0.1) is 6.92 Å². The Morgan fingerprint density at radius 1 is 1.17 bits per heavy atom. The van der Waals surface area contributed by atoms with Crippen molar-refractivity contribution in [1.29, 1.82) is 0 Å². The minimum Gasteiger partial charge on any atom is -0.493 e. The number of aromatic nitrogens is 3. The van der Waals surface area contributed by atoms with E-state index in [0.717, 1.165) is 33.6 Å². The highest BCUT2D eigenvalue weighted by Gasteiger charge is 2.21. The molecule has 1 amide bonds. The lowest BCUT2D eigenvalue weighted by Crippen LogP contribution is -2.19. The number of carbonyl (C=O) groups is 1. The van der Waals surface area contributed by atoms with Crippen LogP contribution in [0.25, 0.3) is 10.9 Å². The average Bonchev–Trinajstić information content (AvgIpc) is 3.12. The molecule has 0 radical (unpaired) electrons. The van der Waals surface area contributed by atoms with E-state index in [1.807, 2.05) is 38.1 Å². The van der Waals surface area contributed by atoms with Gasteiger partial charge in [0.05, 0.1) is 41.2 Å².